The van der Waals surface area contributed by atoms with Crippen LogP contribution in [0.4, 0.5) is 5.69 Å². The lowest BCUT2D eigenvalue weighted by Crippen LogP contribution is -2.31. The highest BCUT2D eigenvalue weighted by Gasteiger charge is 2.24. The molecule has 0 atom stereocenters. The second-order valence-electron chi connectivity index (χ2n) is 4.09. The monoisotopic (exact) mass is 290 g/mol. The Morgan fingerprint density at radius 3 is 2.15 bits per heavy atom. The molecular weight excluding hydrogens is 278 g/mol. The smallest absolute Gasteiger partial charge is 0.264 e. The lowest BCUT2D eigenvalue weighted by molar-refractivity contribution is -0.255. The molecule has 2 aromatic rings. The Bertz CT molecular complexity index is 726. The number of sulfonamides is 1. The van der Waals surface area contributed by atoms with E-state index in [-0.39, 0.29) is 10.5 Å². The molecule has 104 valence electrons. The molecule has 0 saturated heterocycles. The zero-order valence-electron chi connectivity index (χ0n) is 10.7. The summed E-state index contributed by atoms with van der Waals surface area (Å²) < 4.78 is 26.0. The largest absolute Gasteiger partial charge is 0.545 e. The maximum absolute atomic E-state index is 12.5. The first-order valence-corrected chi connectivity index (χ1v) is 7.23. The minimum absolute atomic E-state index is 0.286. The van der Waals surface area contributed by atoms with Crippen molar-refractivity contribution >= 4 is 21.7 Å². The van der Waals surface area contributed by atoms with Crippen LogP contribution in [0.15, 0.2) is 59.5 Å². The van der Waals surface area contributed by atoms with E-state index in [4.69, 9.17) is 0 Å². The average molecular weight is 290 g/mol. The number of aromatic carboxylic acids is 1. The molecule has 0 aliphatic heterocycles. The van der Waals surface area contributed by atoms with Gasteiger partial charge in [0.15, 0.2) is 0 Å². The number of benzene rings is 2. The molecule has 2 aromatic carbocycles. The van der Waals surface area contributed by atoms with Crippen molar-refractivity contribution in [2.45, 2.75) is 4.90 Å². The number of anilines is 1. The standard InChI is InChI=1S/C14H13NO4S/c1-15(11-7-3-2-4-8-11)20(18,19)13-10-6-5-9-12(13)14(16)17/h2-10H,1H3,(H,16,17)/p-1. The fraction of sp³-hybridized carbons (Fsp3) is 0.0714. The Morgan fingerprint density at radius 1 is 1.00 bits per heavy atom. The van der Waals surface area contributed by atoms with Crippen LogP contribution in [0.3, 0.4) is 0 Å². The van der Waals surface area contributed by atoms with Crippen molar-refractivity contribution in [3.8, 4) is 0 Å². The number of hydrogen-bond acceptors (Lipinski definition) is 4. The first kappa shape index (κ1) is 14.1. The summed E-state index contributed by atoms with van der Waals surface area (Å²) in [4.78, 5) is 10.7. The van der Waals surface area contributed by atoms with Crippen molar-refractivity contribution < 1.29 is 18.3 Å². The molecule has 0 fully saturated rings. The molecule has 0 saturated carbocycles. The fourth-order valence-corrected chi connectivity index (χ4v) is 3.16. The molecule has 6 heteroatoms. The van der Waals surface area contributed by atoms with Crippen molar-refractivity contribution in [2.24, 2.45) is 0 Å². The van der Waals surface area contributed by atoms with Crippen LogP contribution in [0.2, 0.25) is 0 Å². The summed E-state index contributed by atoms with van der Waals surface area (Å²) in [5, 5.41) is 11.0. The summed E-state index contributed by atoms with van der Waals surface area (Å²) in [5.41, 5.74) is 0.0935. The minimum Gasteiger partial charge on any atom is -0.545 e. The number of hydrogen-bond donors (Lipinski definition) is 0. The molecular formula is C14H12NO4S-. The first-order chi connectivity index (χ1) is 9.44. The summed E-state index contributed by atoms with van der Waals surface area (Å²) in [6.07, 6.45) is 0. The van der Waals surface area contributed by atoms with Gasteiger partial charge in [0.1, 0.15) is 0 Å². The molecule has 0 spiro atoms. The number of carboxylic acid groups (broad SMARTS) is 1. The third-order valence-corrected chi connectivity index (χ3v) is 4.71. The van der Waals surface area contributed by atoms with E-state index in [1.807, 2.05) is 0 Å². The van der Waals surface area contributed by atoms with Crippen LogP contribution in [0.1, 0.15) is 10.4 Å². The van der Waals surface area contributed by atoms with Crippen molar-refractivity contribution in [1.29, 1.82) is 0 Å². The highest BCUT2D eigenvalue weighted by Crippen LogP contribution is 2.23. The van der Waals surface area contributed by atoms with Crippen LogP contribution in [0, 0.1) is 0 Å². The molecule has 0 heterocycles. The van der Waals surface area contributed by atoms with Gasteiger partial charge in [-0.3, -0.25) is 4.31 Å². The Morgan fingerprint density at radius 2 is 1.55 bits per heavy atom. The number of nitrogens with zero attached hydrogens (tertiary/aromatic N) is 1. The molecule has 0 aliphatic rings. The maximum Gasteiger partial charge on any atom is 0.264 e. The molecule has 0 aliphatic carbocycles. The molecule has 0 N–H and O–H groups in total. The topological polar surface area (TPSA) is 77.5 Å². The van der Waals surface area contributed by atoms with Crippen molar-refractivity contribution in [1.82, 2.24) is 0 Å². The maximum atomic E-state index is 12.5. The van der Waals surface area contributed by atoms with Gasteiger partial charge in [-0.15, -0.1) is 0 Å². The van der Waals surface area contributed by atoms with Gasteiger partial charge in [0, 0.05) is 12.6 Å². The molecule has 20 heavy (non-hydrogen) atoms. The van der Waals surface area contributed by atoms with Gasteiger partial charge in [0.05, 0.1) is 16.6 Å². The lowest BCUT2D eigenvalue weighted by Gasteiger charge is -2.21. The summed E-state index contributed by atoms with van der Waals surface area (Å²) in [5.74, 6) is -1.52. The summed E-state index contributed by atoms with van der Waals surface area (Å²) >= 11 is 0. The van der Waals surface area contributed by atoms with E-state index in [0.29, 0.717) is 5.69 Å². The van der Waals surface area contributed by atoms with Gasteiger partial charge in [-0.1, -0.05) is 36.4 Å². The third-order valence-electron chi connectivity index (χ3n) is 2.87. The minimum atomic E-state index is -3.96. The summed E-state index contributed by atoms with van der Waals surface area (Å²) in [6.45, 7) is 0. The second-order valence-corrected chi connectivity index (χ2v) is 6.03. The molecule has 0 unspecified atom stereocenters. The van der Waals surface area contributed by atoms with E-state index in [1.165, 1.54) is 31.3 Å². The number of carbonyl (C=O) groups excluding carboxylic acids is 1. The Labute approximate surface area is 117 Å². The predicted molar refractivity (Wildman–Crippen MR) is 72.8 cm³/mol. The van der Waals surface area contributed by atoms with Gasteiger partial charge < -0.3 is 9.90 Å². The second kappa shape index (κ2) is 5.34. The molecule has 0 amide bonds. The third kappa shape index (κ3) is 2.50. The van der Waals surface area contributed by atoms with E-state index < -0.39 is 16.0 Å². The summed E-state index contributed by atoms with van der Waals surface area (Å²) in [7, 11) is -2.58. The normalized spacial score (nSPS) is 11.1. The quantitative estimate of drug-likeness (QED) is 0.837. The van der Waals surface area contributed by atoms with Crippen molar-refractivity contribution in [3.63, 3.8) is 0 Å². The van der Waals surface area contributed by atoms with Crippen LogP contribution in [0.25, 0.3) is 0 Å². The van der Waals surface area contributed by atoms with Crippen molar-refractivity contribution in [3.05, 3.63) is 60.2 Å². The highest BCUT2D eigenvalue weighted by atomic mass is 32.2. The van der Waals surface area contributed by atoms with Crippen molar-refractivity contribution in [2.75, 3.05) is 11.4 Å². The van der Waals surface area contributed by atoms with Crippen LogP contribution in [-0.2, 0) is 10.0 Å². The Balaban J connectivity index is 2.54. The SMILES string of the molecule is CN(c1ccccc1)S(=O)(=O)c1ccccc1C(=O)[O-]. The number of rotatable bonds is 4. The zero-order chi connectivity index (χ0) is 14.8. The number of para-hydroxylation sites is 1. The predicted octanol–water partition coefficient (Wildman–Crippen LogP) is 0.875. The Kier molecular flexibility index (Phi) is 3.76. The fourth-order valence-electron chi connectivity index (χ4n) is 1.78. The van der Waals surface area contributed by atoms with E-state index in [2.05, 4.69) is 0 Å². The number of carboxylic acids is 1. The first-order valence-electron chi connectivity index (χ1n) is 5.79. The van der Waals surface area contributed by atoms with Crippen LogP contribution in [-0.4, -0.2) is 21.4 Å². The van der Waals surface area contributed by atoms with Gasteiger partial charge in [-0.2, -0.15) is 0 Å². The Hall–Kier alpha value is -2.34. The molecule has 0 aromatic heterocycles. The van der Waals surface area contributed by atoms with Gasteiger partial charge in [0.2, 0.25) is 0 Å². The lowest BCUT2D eigenvalue weighted by atomic mass is 10.2. The average Bonchev–Trinajstić information content (AvgIpc) is 2.47. The summed E-state index contributed by atoms with van der Waals surface area (Å²) in [6, 6.07) is 13.8. The molecule has 0 radical (unpaired) electrons. The van der Waals surface area contributed by atoms with Gasteiger partial charge in [-0.25, -0.2) is 8.42 Å². The van der Waals surface area contributed by atoms with Gasteiger partial charge in [-0.05, 0) is 18.2 Å². The molecule has 0 bridgehead atoms. The van der Waals surface area contributed by atoms with Crippen LogP contribution in [0.5, 0.6) is 0 Å². The highest BCUT2D eigenvalue weighted by molar-refractivity contribution is 7.92. The van der Waals surface area contributed by atoms with E-state index in [9.17, 15) is 18.3 Å². The van der Waals surface area contributed by atoms with E-state index in [0.717, 1.165) is 4.31 Å². The van der Waals surface area contributed by atoms with Crippen LogP contribution >= 0.6 is 0 Å². The zero-order valence-corrected chi connectivity index (χ0v) is 11.5. The van der Waals surface area contributed by atoms with E-state index >= 15 is 0 Å². The number of carbonyl (C=O) groups is 1. The molecule has 2 rings (SSSR count). The molecule has 5 nitrogen and oxygen atoms in total. The van der Waals surface area contributed by atoms with Gasteiger partial charge in [0.25, 0.3) is 10.0 Å². The van der Waals surface area contributed by atoms with E-state index in [1.54, 1.807) is 30.3 Å². The van der Waals surface area contributed by atoms with Gasteiger partial charge >= 0.3 is 0 Å². The van der Waals surface area contributed by atoms with Crippen LogP contribution < -0.4 is 9.41 Å².